The lowest BCUT2D eigenvalue weighted by Crippen LogP contribution is -2.48. The minimum absolute atomic E-state index is 0.0454. The van der Waals surface area contributed by atoms with Gasteiger partial charge in [-0.2, -0.15) is 0 Å². The van der Waals surface area contributed by atoms with E-state index in [-0.39, 0.29) is 29.7 Å². The van der Waals surface area contributed by atoms with Crippen molar-refractivity contribution in [3.05, 3.63) is 63.6 Å². The number of hydrogen-bond donors (Lipinski definition) is 3. The molecule has 132 valence electrons. The Labute approximate surface area is 161 Å². The van der Waals surface area contributed by atoms with Crippen LogP contribution in [-0.2, 0) is 17.8 Å². The zero-order valence-electron chi connectivity index (χ0n) is 13.2. The molecule has 2 rings (SSSR count). The molecule has 4 N–H and O–H groups in total. The lowest BCUT2D eigenvalue weighted by Gasteiger charge is -2.23. The second kappa shape index (κ2) is 8.89. The molecule has 0 saturated carbocycles. The summed E-state index contributed by atoms with van der Waals surface area (Å²) in [6.07, 6.45) is 0.787. The van der Waals surface area contributed by atoms with Gasteiger partial charge in [0.25, 0.3) is 0 Å². The van der Waals surface area contributed by atoms with Gasteiger partial charge < -0.3 is 10.8 Å². The molecule has 0 spiro atoms. The van der Waals surface area contributed by atoms with Gasteiger partial charge in [-0.05, 0) is 54.0 Å². The standard InChI is InChI=1S/C17H17Cl2N3O2S/c18-14-7-3-12(9-15(14)19)10-22(17(20)25)21-16(24)8-4-11-1-5-13(23)6-2-11/h1-3,5-7,9,23H,4,8,10H2,(H2,20,25)(H,21,24). The van der Waals surface area contributed by atoms with Crippen molar-refractivity contribution in [2.45, 2.75) is 19.4 Å². The van der Waals surface area contributed by atoms with Crippen LogP contribution >= 0.6 is 35.4 Å². The van der Waals surface area contributed by atoms with Crippen LogP contribution in [0.1, 0.15) is 17.5 Å². The van der Waals surface area contributed by atoms with E-state index in [9.17, 15) is 9.90 Å². The first-order valence-electron chi connectivity index (χ1n) is 7.43. The molecule has 8 heteroatoms. The van der Waals surface area contributed by atoms with Crippen LogP contribution in [0.3, 0.4) is 0 Å². The summed E-state index contributed by atoms with van der Waals surface area (Å²) in [6.45, 7) is 0.275. The lowest BCUT2D eigenvalue weighted by atomic mass is 10.1. The molecule has 0 fully saturated rings. The summed E-state index contributed by atoms with van der Waals surface area (Å²) >= 11 is 16.9. The summed E-state index contributed by atoms with van der Waals surface area (Å²) in [5.74, 6) is -0.0320. The van der Waals surface area contributed by atoms with Crippen LogP contribution in [0.15, 0.2) is 42.5 Å². The molecule has 0 saturated heterocycles. The van der Waals surface area contributed by atoms with Crippen molar-refractivity contribution >= 4 is 46.4 Å². The van der Waals surface area contributed by atoms with Gasteiger partial charge in [0.05, 0.1) is 16.6 Å². The number of rotatable bonds is 5. The molecule has 0 aliphatic rings. The van der Waals surface area contributed by atoms with Gasteiger partial charge in [-0.3, -0.25) is 15.2 Å². The Morgan fingerprint density at radius 3 is 2.36 bits per heavy atom. The van der Waals surface area contributed by atoms with Crippen LogP contribution < -0.4 is 11.2 Å². The average Bonchev–Trinajstić information content (AvgIpc) is 2.57. The molecule has 0 unspecified atom stereocenters. The van der Waals surface area contributed by atoms with Gasteiger partial charge in [0.15, 0.2) is 5.11 Å². The van der Waals surface area contributed by atoms with Gasteiger partial charge >= 0.3 is 0 Å². The highest BCUT2D eigenvalue weighted by Gasteiger charge is 2.12. The van der Waals surface area contributed by atoms with Gasteiger partial charge in [-0.1, -0.05) is 41.4 Å². The third-order valence-electron chi connectivity index (χ3n) is 3.43. The first kappa shape index (κ1) is 19.3. The van der Waals surface area contributed by atoms with Gasteiger partial charge in [0.2, 0.25) is 5.91 Å². The molecule has 0 atom stereocenters. The van der Waals surface area contributed by atoms with Gasteiger partial charge in [-0.15, -0.1) is 0 Å². The second-order valence-electron chi connectivity index (χ2n) is 5.37. The molecule has 0 bridgehead atoms. The smallest absolute Gasteiger partial charge is 0.238 e. The van der Waals surface area contributed by atoms with Crippen LogP contribution in [0.25, 0.3) is 0 Å². The Balaban J connectivity index is 1.93. The normalized spacial score (nSPS) is 10.3. The summed E-state index contributed by atoms with van der Waals surface area (Å²) in [4.78, 5) is 12.1. The van der Waals surface area contributed by atoms with E-state index in [0.29, 0.717) is 16.5 Å². The van der Waals surface area contributed by atoms with Gasteiger partial charge in [0.1, 0.15) is 5.75 Å². The van der Waals surface area contributed by atoms with E-state index in [1.165, 1.54) is 5.01 Å². The van der Waals surface area contributed by atoms with Gasteiger partial charge in [-0.25, -0.2) is 0 Å². The summed E-state index contributed by atoms with van der Waals surface area (Å²) < 4.78 is 0. The van der Waals surface area contributed by atoms with Crippen LogP contribution in [-0.4, -0.2) is 21.1 Å². The van der Waals surface area contributed by atoms with Crippen molar-refractivity contribution in [2.75, 3.05) is 0 Å². The van der Waals surface area contributed by atoms with E-state index in [2.05, 4.69) is 5.43 Å². The Morgan fingerprint density at radius 2 is 1.76 bits per heavy atom. The van der Waals surface area contributed by atoms with E-state index in [1.807, 2.05) is 0 Å². The molecule has 2 aromatic rings. The molecule has 25 heavy (non-hydrogen) atoms. The highest BCUT2D eigenvalue weighted by Crippen LogP contribution is 2.23. The number of thiocarbonyl (C=S) groups is 1. The topological polar surface area (TPSA) is 78.6 Å². The number of benzene rings is 2. The number of phenolic OH excluding ortho intramolecular Hbond substituents is 1. The van der Waals surface area contributed by atoms with Crippen LogP contribution in [0, 0.1) is 0 Å². The summed E-state index contributed by atoms with van der Waals surface area (Å²) in [7, 11) is 0. The summed E-state index contributed by atoms with van der Waals surface area (Å²) in [6, 6.07) is 11.8. The fourth-order valence-electron chi connectivity index (χ4n) is 2.12. The quantitative estimate of drug-likeness (QED) is 0.532. The van der Waals surface area contributed by atoms with Crippen molar-refractivity contribution < 1.29 is 9.90 Å². The first-order chi connectivity index (χ1) is 11.8. The highest BCUT2D eigenvalue weighted by atomic mass is 35.5. The second-order valence-corrected chi connectivity index (χ2v) is 6.61. The predicted octanol–water partition coefficient (Wildman–Crippen LogP) is 3.41. The van der Waals surface area contributed by atoms with Crippen LogP contribution in [0.4, 0.5) is 0 Å². The molecular formula is C17H17Cl2N3O2S. The molecule has 2 aromatic carbocycles. The van der Waals surface area contributed by atoms with Crippen LogP contribution in [0.5, 0.6) is 5.75 Å². The minimum Gasteiger partial charge on any atom is -0.508 e. The SMILES string of the molecule is NC(=S)N(Cc1ccc(Cl)c(Cl)c1)NC(=O)CCc1ccc(O)cc1. The third kappa shape index (κ3) is 6.08. The maximum atomic E-state index is 12.1. The number of nitrogens with two attached hydrogens (primary N) is 1. The fourth-order valence-corrected chi connectivity index (χ4v) is 2.55. The Hall–Kier alpha value is -2.02. The van der Waals surface area contributed by atoms with Crippen LogP contribution in [0.2, 0.25) is 10.0 Å². The van der Waals surface area contributed by atoms with E-state index in [1.54, 1.807) is 42.5 Å². The third-order valence-corrected chi connectivity index (χ3v) is 4.39. The van der Waals surface area contributed by atoms with Crippen molar-refractivity contribution in [2.24, 2.45) is 5.73 Å². The van der Waals surface area contributed by atoms with E-state index in [0.717, 1.165) is 11.1 Å². The average molecular weight is 398 g/mol. The molecule has 0 aromatic heterocycles. The number of aryl methyl sites for hydroxylation is 1. The monoisotopic (exact) mass is 397 g/mol. The van der Waals surface area contributed by atoms with Crippen molar-refractivity contribution in [1.82, 2.24) is 10.4 Å². The number of hydrazine groups is 1. The van der Waals surface area contributed by atoms with Crippen molar-refractivity contribution in [1.29, 1.82) is 0 Å². The van der Waals surface area contributed by atoms with E-state index < -0.39 is 0 Å². The number of carbonyl (C=O) groups is 1. The van der Waals surface area contributed by atoms with Crippen molar-refractivity contribution in [3.63, 3.8) is 0 Å². The molecule has 5 nitrogen and oxygen atoms in total. The largest absolute Gasteiger partial charge is 0.508 e. The minimum atomic E-state index is -0.221. The number of halogens is 2. The number of nitrogens with zero attached hydrogens (tertiary/aromatic N) is 1. The first-order valence-corrected chi connectivity index (χ1v) is 8.60. The predicted molar refractivity (Wildman–Crippen MR) is 103 cm³/mol. The highest BCUT2D eigenvalue weighted by molar-refractivity contribution is 7.80. The zero-order valence-corrected chi connectivity index (χ0v) is 15.5. The number of aromatic hydroxyl groups is 1. The lowest BCUT2D eigenvalue weighted by molar-refractivity contribution is -0.124. The maximum absolute atomic E-state index is 12.1. The molecule has 0 aliphatic heterocycles. The number of hydrogen-bond acceptors (Lipinski definition) is 3. The number of nitrogens with one attached hydrogen (secondary N) is 1. The molecule has 1 amide bonds. The molecule has 0 radical (unpaired) electrons. The number of phenols is 1. The fraction of sp³-hybridized carbons (Fsp3) is 0.176. The van der Waals surface area contributed by atoms with E-state index in [4.69, 9.17) is 41.2 Å². The Bertz CT molecular complexity index is 769. The molecule has 0 aliphatic carbocycles. The number of amides is 1. The Morgan fingerprint density at radius 1 is 1.12 bits per heavy atom. The molecular weight excluding hydrogens is 381 g/mol. The summed E-state index contributed by atoms with van der Waals surface area (Å²) in [5.41, 5.74) is 10.1. The number of carbonyl (C=O) groups excluding carboxylic acids is 1. The van der Waals surface area contributed by atoms with Crippen molar-refractivity contribution in [3.8, 4) is 5.75 Å². The Kier molecular flexibility index (Phi) is 6.87. The zero-order chi connectivity index (χ0) is 18.4. The molecule has 0 heterocycles. The maximum Gasteiger partial charge on any atom is 0.238 e. The summed E-state index contributed by atoms with van der Waals surface area (Å²) in [5, 5.41) is 11.6. The van der Waals surface area contributed by atoms with E-state index >= 15 is 0 Å². The van der Waals surface area contributed by atoms with Gasteiger partial charge in [0, 0.05) is 6.42 Å².